The molecule has 0 aromatic carbocycles. The maximum Gasteiger partial charge on any atom is 0.142 e. The Bertz CT molecular complexity index is 406. The Morgan fingerprint density at radius 2 is 2.07 bits per heavy atom. The van der Waals surface area contributed by atoms with E-state index < -0.39 is 0 Å². The Labute approximate surface area is 90.9 Å². The second-order valence-electron chi connectivity index (χ2n) is 6.84. The monoisotopic (exact) mass is 202 g/mol. The Morgan fingerprint density at radius 1 is 1.33 bits per heavy atom. The molecule has 0 saturated heterocycles. The van der Waals surface area contributed by atoms with Crippen LogP contribution in [0.15, 0.2) is 12.2 Å². The second kappa shape index (κ2) is 1.97. The van der Waals surface area contributed by atoms with Crippen LogP contribution in [-0.2, 0) is 4.79 Å². The lowest BCUT2D eigenvalue weighted by molar-refractivity contribution is -0.128. The first kappa shape index (κ1) is 8.55. The number of fused-ring (bicyclic) bond motifs is 4. The molecule has 0 aliphatic heterocycles. The lowest BCUT2D eigenvalue weighted by Crippen LogP contribution is -2.33. The predicted molar refractivity (Wildman–Crippen MR) is 58.1 cm³/mol. The van der Waals surface area contributed by atoms with E-state index in [2.05, 4.69) is 32.9 Å². The first-order valence-corrected chi connectivity index (χ1v) is 6.21. The molecule has 0 aromatic rings. The van der Waals surface area contributed by atoms with Crippen LogP contribution in [0.1, 0.15) is 27.2 Å². The smallest absolute Gasteiger partial charge is 0.142 e. The third-order valence-corrected chi connectivity index (χ3v) is 6.11. The van der Waals surface area contributed by atoms with E-state index in [1.807, 2.05) is 0 Å². The lowest BCUT2D eigenvalue weighted by atomic mass is 9.70. The van der Waals surface area contributed by atoms with Crippen molar-refractivity contribution in [3.63, 3.8) is 0 Å². The molecule has 80 valence electrons. The summed E-state index contributed by atoms with van der Waals surface area (Å²) in [5.74, 6) is 3.90. The minimum Gasteiger partial charge on any atom is -0.299 e. The standard InChI is InChI=1S/C14H18O/c1-13(2)11-8-6-4-5-7(8)9-10(12(13)15)14(9,11)3/h4-5,7-11H,6H2,1-3H3/t7-,8+,9?,10?,11+,14-/m1/s1. The Kier molecular flexibility index (Phi) is 1.12. The predicted octanol–water partition coefficient (Wildman–Crippen LogP) is 2.67. The fourth-order valence-corrected chi connectivity index (χ4v) is 5.81. The highest BCUT2D eigenvalue weighted by Crippen LogP contribution is 2.84. The highest BCUT2D eigenvalue weighted by atomic mass is 16.1. The first-order valence-electron chi connectivity index (χ1n) is 6.21. The van der Waals surface area contributed by atoms with Crippen LogP contribution < -0.4 is 0 Å². The van der Waals surface area contributed by atoms with Gasteiger partial charge in [-0.25, -0.2) is 0 Å². The molecule has 1 nitrogen and oxygen atoms in total. The first-order chi connectivity index (χ1) is 7.00. The summed E-state index contributed by atoms with van der Waals surface area (Å²) in [5.41, 5.74) is 0.349. The number of carbonyl (C=O) groups excluding carboxylic acids is 1. The maximum atomic E-state index is 12.3. The second-order valence-corrected chi connectivity index (χ2v) is 6.84. The summed E-state index contributed by atoms with van der Waals surface area (Å²) in [7, 11) is 0. The minimum atomic E-state index is -0.0403. The lowest BCUT2D eigenvalue weighted by Gasteiger charge is -2.33. The van der Waals surface area contributed by atoms with E-state index in [1.165, 1.54) is 6.42 Å². The molecule has 2 unspecified atom stereocenters. The molecular formula is C14H18O. The van der Waals surface area contributed by atoms with E-state index in [-0.39, 0.29) is 5.41 Å². The number of hydrogen-bond donors (Lipinski definition) is 0. The quantitative estimate of drug-likeness (QED) is 0.552. The number of carbonyl (C=O) groups is 1. The van der Waals surface area contributed by atoms with E-state index in [1.54, 1.807) is 0 Å². The summed E-state index contributed by atoms with van der Waals surface area (Å²) in [6.07, 6.45) is 5.98. The van der Waals surface area contributed by atoms with Crippen LogP contribution in [-0.4, -0.2) is 5.78 Å². The summed E-state index contributed by atoms with van der Waals surface area (Å²) in [4.78, 5) is 12.3. The van der Waals surface area contributed by atoms with Gasteiger partial charge in [0.1, 0.15) is 5.78 Å². The van der Waals surface area contributed by atoms with Gasteiger partial charge in [-0.05, 0) is 35.5 Å². The number of ketones is 1. The molecule has 15 heavy (non-hydrogen) atoms. The molecule has 0 radical (unpaired) electrons. The van der Waals surface area contributed by atoms with Gasteiger partial charge in [0, 0.05) is 11.3 Å². The molecule has 3 saturated carbocycles. The van der Waals surface area contributed by atoms with Gasteiger partial charge in [-0.3, -0.25) is 4.79 Å². The van der Waals surface area contributed by atoms with Crippen LogP contribution in [0.2, 0.25) is 0 Å². The van der Waals surface area contributed by atoms with Crippen molar-refractivity contribution >= 4 is 5.78 Å². The van der Waals surface area contributed by atoms with E-state index in [9.17, 15) is 4.79 Å². The van der Waals surface area contributed by atoms with Gasteiger partial charge in [0.05, 0.1) is 0 Å². The van der Waals surface area contributed by atoms with Crippen LogP contribution in [0.25, 0.3) is 0 Å². The third-order valence-electron chi connectivity index (χ3n) is 6.11. The molecule has 0 spiro atoms. The molecule has 0 bridgehead atoms. The van der Waals surface area contributed by atoms with Crippen molar-refractivity contribution < 1.29 is 4.79 Å². The van der Waals surface area contributed by atoms with Gasteiger partial charge in [-0.1, -0.05) is 32.9 Å². The molecule has 4 aliphatic rings. The zero-order chi connectivity index (χ0) is 10.6. The minimum absolute atomic E-state index is 0.0403. The van der Waals surface area contributed by atoms with E-state index in [4.69, 9.17) is 0 Å². The Balaban J connectivity index is 1.91. The zero-order valence-electron chi connectivity index (χ0n) is 9.66. The molecule has 4 rings (SSSR count). The van der Waals surface area contributed by atoms with Crippen LogP contribution in [0.5, 0.6) is 0 Å². The number of Topliss-reactive ketones (excluding diaryl/α,β-unsaturated/α-hetero) is 1. The SMILES string of the molecule is CC1(C)C(=O)C2C3[C@@H]4C=CC[C@@H]4[C@@H]1[C@@]23C. The summed E-state index contributed by atoms with van der Waals surface area (Å²) in [6, 6.07) is 0. The van der Waals surface area contributed by atoms with Gasteiger partial charge in [0.2, 0.25) is 0 Å². The average molecular weight is 202 g/mol. The normalized spacial score (nSPS) is 62.1. The molecular weight excluding hydrogens is 184 g/mol. The average Bonchev–Trinajstić information content (AvgIpc) is 2.45. The van der Waals surface area contributed by atoms with Crippen molar-refractivity contribution in [3.05, 3.63) is 12.2 Å². The van der Waals surface area contributed by atoms with Gasteiger partial charge in [-0.15, -0.1) is 0 Å². The van der Waals surface area contributed by atoms with Crippen LogP contribution in [0.3, 0.4) is 0 Å². The van der Waals surface area contributed by atoms with E-state index in [0.717, 1.165) is 11.8 Å². The zero-order valence-corrected chi connectivity index (χ0v) is 9.66. The molecule has 0 aromatic heterocycles. The Hall–Kier alpha value is -0.590. The molecule has 0 N–H and O–H groups in total. The highest BCUT2D eigenvalue weighted by Gasteiger charge is 2.84. The fourth-order valence-electron chi connectivity index (χ4n) is 5.81. The summed E-state index contributed by atoms with van der Waals surface area (Å²) in [6.45, 7) is 6.76. The van der Waals surface area contributed by atoms with Crippen molar-refractivity contribution in [1.82, 2.24) is 0 Å². The van der Waals surface area contributed by atoms with Gasteiger partial charge < -0.3 is 0 Å². The highest BCUT2D eigenvalue weighted by molar-refractivity contribution is 5.95. The van der Waals surface area contributed by atoms with Gasteiger partial charge in [0.15, 0.2) is 0 Å². The molecule has 6 atom stereocenters. The van der Waals surface area contributed by atoms with Gasteiger partial charge in [-0.2, -0.15) is 0 Å². The summed E-state index contributed by atoms with van der Waals surface area (Å²) < 4.78 is 0. The number of allylic oxidation sites excluding steroid dienone is 2. The third kappa shape index (κ3) is 0.612. The fraction of sp³-hybridized carbons (Fsp3) is 0.786. The van der Waals surface area contributed by atoms with Crippen molar-refractivity contribution in [1.29, 1.82) is 0 Å². The van der Waals surface area contributed by atoms with Crippen molar-refractivity contribution in [2.45, 2.75) is 27.2 Å². The number of rotatable bonds is 0. The maximum absolute atomic E-state index is 12.3. The largest absolute Gasteiger partial charge is 0.299 e. The van der Waals surface area contributed by atoms with Crippen LogP contribution in [0.4, 0.5) is 0 Å². The Morgan fingerprint density at radius 3 is 2.80 bits per heavy atom. The van der Waals surface area contributed by atoms with Gasteiger partial charge >= 0.3 is 0 Å². The number of hydrogen-bond acceptors (Lipinski definition) is 1. The molecule has 0 heterocycles. The van der Waals surface area contributed by atoms with Crippen molar-refractivity contribution in [3.8, 4) is 0 Å². The summed E-state index contributed by atoms with van der Waals surface area (Å²) in [5, 5.41) is 0. The van der Waals surface area contributed by atoms with Crippen molar-refractivity contribution in [2.24, 2.45) is 40.4 Å². The molecule has 0 amide bonds. The molecule has 3 fully saturated rings. The summed E-state index contributed by atoms with van der Waals surface area (Å²) >= 11 is 0. The van der Waals surface area contributed by atoms with Crippen LogP contribution >= 0.6 is 0 Å². The van der Waals surface area contributed by atoms with Gasteiger partial charge in [0.25, 0.3) is 0 Å². The molecule has 4 aliphatic carbocycles. The van der Waals surface area contributed by atoms with E-state index >= 15 is 0 Å². The van der Waals surface area contributed by atoms with Crippen LogP contribution in [0, 0.1) is 40.4 Å². The molecule has 1 heteroatoms. The van der Waals surface area contributed by atoms with Crippen molar-refractivity contribution in [2.75, 3.05) is 0 Å². The topological polar surface area (TPSA) is 17.1 Å². The van der Waals surface area contributed by atoms with E-state index in [0.29, 0.717) is 29.0 Å².